The molecule has 2 N–H and O–H groups in total. The lowest BCUT2D eigenvalue weighted by Gasteiger charge is -2.21. The maximum Gasteiger partial charge on any atom is 0.140 e. The summed E-state index contributed by atoms with van der Waals surface area (Å²) in [7, 11) is 3.00. The third kappa shape index (κ3) is 2.36. The van der Waals surface area contributed by atoms with Gasteiger partial charge in [0.2, 0.25) is 0 Å². The van der Waals surface area contributed by atoms with Crippen LogP contribution in [0.5, 0.6) is 0 Å². The van der Waals surface area contributed by atoms with E-state index in [1.165, 1.54) is 15.7 Å². The minimum absolute atomic E-state index is 0.317. The molecule has 0 heterocycles. The van der Waals surface area contributed by atoms with Gasteiger partial charge in [-0.15, -0.1) is 0 Å². The summed E-state index contributed by atoms with van der Waals surface area (Å²) in [5.41, 5.74) is 4.16. The van der Waals surface area contributed by atoms with Gasteiger partial charge in [0.1, 0.15) is 15.7 Å². The molecular formula is C4H12B2FN. The van der Waals surface area contributed by atoms with Crippen molar-refractivity contribution < 1.29 is 4.39 Å². The van der Waals surface area contributed by atoms with Crippen molar-refractivity contribution >= 4 is 15.7 Å². The maximum atomic E-state index is 12.7. The molecule has 0 rings (SSSR count). The fraction of sp³-hybridized carbons (Fsp3) is 1.00. The molecule has 0 saturated carbocycles. The van der Waals surface area contributed by atoms with Crippen LogP contribution in [0.4, 0.5) is 4.39 Å². The topological polar surface area (TPSA) is 26.0 Å². The molecule has 1 unspecified atom stereocenters. The molecule has 0 spiro atoms. The van der Waals surface area contributed by atoms with Crippen LogP contribution in [-0.4, -0.2) is 27.2 Å². The fourth-order valence-electron chi connectivity index (χ4n) is 0.485. The molecule has 0 radical (unpaired) electrons. The first-order valence-electron chi connectivity index (χ1n) is 2.93. The monoisotopic (exact) mass is 115 g/mol. The Bertz CT molecular complexity index is 70.9. The summed E-state index contributed by atoms with van der Waals surface area (Å²) in [5.74, 6) is 0. The Morgan fingerprint density at radius 1 is 1.75 bits per heavy atom. The molecule has 8 heavy (non-hydrogen) atoms. The number of halogens is 1. The Labute approximate surface area is 51.6 Å². The predicted octanol–water partition coefficient (Wildman–Crippen LogP) is -1.39. The van der Waals surface area contributed by atoms with Crippen molar-refractivity contribution in [2.45, 2.75) is 24.9 Å². The van der Waals surface area contributed by atoms with Gasteiger partial charge in [-0.1, -0.05) is 6.92 Å². The maximum absolute atomic E-state index is 12.7. The Morgan fingerprint density at radius 2 is 2.12 bits per heavy atom. The largest absolute Gasteiger partial charge is 0.326 e. The van der Waals surface area contributed by atoms with E-state index in [2.05, 4.69) is 0 Å². The smallest absolute Gasteiger partial charge is 0.140 e. The van der Waals surface area contributed by atoms with Crippen molar-refractivity contribution in [2.75, 3.05) is 0 Å². The van der Waals surface area contributed by atoms with E-state index < -0.39 is 5.47 Å². The van der Waals surface area contributed by atoms with Crippen LogP contribution in [-0.2, 0) is 0 Å². The first-order valence-corrected chi connectivity index (χ1v) is 2.93. The summed E-state index contributed by atoms with van der Waals surface area (Å²) in [6.45, 7) is 1.88. The van der Waals surface area contributed by atoms with E-state index in [-0.39, 0.29) is 6.04 Å². The van der Waals surface area contributed by atoms with E-state index in [4.69, 9.17) is 5.73 Å². The van der Waals surface area contributed by atoms with E-state index in [0.717, 1.165) is 0 Å². The second-order valence-electron chi connectivity index (χ2n) is 2.58. The SMILES string of the molecule is BC(B)(F)C(N)CC. The van der Waals surface area contributed by atoms with E-state index in [9.17, 15) is 4.39 Å². The Balaban J connectivity index is 3.62. The standard InChI is InChI=1S/C4H12B2FN/c1-2-3(8)4(5,6)7/h3H,2,5-6,8H2,1H3. The van der Waals surface area contributed by atoms with Gasteiger partial charge >= 0.3 is 0 Å². The zero-order chi connectivity index (χ0) is 6.78. The van der Waals surface area contributed by atoms with Gasteiger partial charge in [-0.25, -0.2) is 0 Å². The summed E-state index contributed by atoms with van der Waals surface area (Å²) in [5, 5.41) is 0. The van der Waals surface area contributed by atoms with Crippen LogP contribution in [0, 0.1) is 0 Å². The van der Waals surface area contributed by atoms with Crippen molar-refractivity contribution in [3.05, 3.63) is 0 Å². The number of alkyl halides is 1. The average molecular weight is 115 g/mol. The highest BCUT2D eigenvalue weighted by Gasteiger charge is 2.22. The highest BCUT2D eigenvalue weighted by molar-refractivity contribution is 6.39. The lowest BCUT2D eigenvalue weighted by atomic mass is 9.62. The Kier molecular flexibility index (Phi) is 2.54. The summed E-state index contributed by atoms with van der Waals surface area (Å²) in [4.78, 5) is 0. The second kappa shape index (κ2) is 2.53. The van der Waals surface area contributed by atoms with Gasteiger partial charge in [0, 0.05) is 6.04 Å². The summed E-state index contributed by atoms with van der Waals surface area (Å²) < 4.78 is 12.7. The molecule has 1 atom stereocenters. The summed E-state index contributed by atoms with van der Waals surface area (Å²) >= 11 is 0. The molecule has 0 bridgehead atoms. The van der Waals surface area contributed by atoms with Gasteiger partial charge < -0.3 is 5.73 Å². The molecule has 4 heteroatoms. The van der Waals surface area contributed by atoms with Crippen molar-refractivity contribution in [3.63, 3.8) is 0 Å². The van der Waals surface area contributed by atoms with Crippen molar-refractivity contribution in [3.8, 4) is 0 Å². The van der Waals surface area contributed by atoms with Crippen LogP contribution in [0.1, 0.15) is 13.3 Å². The first kappa shape index (κ1) is 8.02. The highest BCUT2D eigenvalue weighted by atomic mass is 19.1. The van der Waals surface area contributed by atoms with Gasteiger partial charge in [0.25, 0.3) is 0 Å². The molecule has 0 aromatic rings. The third-order valence-electron chi connectivity index (χ3n) is 1.32. The van der Waals surface area contributed by atoms with E-state index in [1.54, 1.807) is 0 Å². The molecule has 0 amide bonds. The lowest BCUT2D eigenvalue weighted by Crippen LogP contribution is -2.44. The summed E-state index contributed by atoms with van der Waals surface area (Å²) in [6, 6.07) is -0.317. The number of nitrogens with two attached hydrogens (primary N) is 1. The quantitative estimate of drug-likeness (QED) is 0.440. The third-order valence-corrected chi connectivity index (χ3v) is 1.32. The number of hydrogen-bond donors (Lipinski definition) is 1. The van der Waals surface area contributed by atoms with Gasteiger partial charge in [-0.05, 0) is 6.42 Å². The normalized spacial score (nSPS) is 15.9. The van der Waals surface area contributed by atoms with Gasteiger partial charge in [-0.2, -0.15) is 0 Å². The Morgan fingerprint density at radius 3 is 2.12 bits per heavy atom. The minimum atomic E-state index is -1.21. The molecule has 1 nitrogen and oxygen atoms in total. The molecule has 0 fully saturated rings. The van der Waals surface area contributed by atoms with Crippen LogP contribution in [0.2, 0.25) is 0 Å². The zero-order valence-corrected chi connectivity index (χ0v) is 5.74. The van der Waals surface area contributed by atoms with E-state index in [1.807, 2.05) is 6.92 Å². The van der Waals surface area contributed by atoms with Crippen LogP contribution in [0.25, 0.3) is 0 Å². The van der Waals surface area contributed by atoms with Crippen LogP contribution in [0.15, 0.2) is 0 Å². The van der Waals surface area contributed by atoms with Crippen LogP contribution >= 0.6 is 0 Å². The van der Waals surface area contributed by atoms with Crippen LogP contribution < -0.4 is 5.73 Å². The average Bonchev–Trinajstić information content (AvgIpc) is 1.62. The molecule has 0 saturated heterocycles. The molecule has 46 valence electrons. The lowest BCUT2D eigenvalue weighted by molar-refractivity contribution is 0.325. The zero-order valence-electron chi connectivity index (χ0n) is 5.74. The second-order valence-corrected chi connectivity index (χ2v) is 2.58. The van der Waals surface area contributed by atoms with Crippen molar-refractivity contribution in [1.29, 1.82) is 0 Å². The predicted molar refractivity (Wildman–Crippen MR) is 39.2 cm³/mol. The van der Waals surface area contributed by atoms with E-state index >= 15 is 0 Å². The molecule has 0 aromatic carbocycles. The highest BCUT2D eigenvalue weighted by Crippen LogP contribution is 2.06. The van der Waals surface area contributed by atoms with Gasteiger partial charge in [0.05, 0.1) is 5.47 Å². The molecule has 0 aliphatic carbocycles. The molecular weight excluding hydrogens is 103 g/mol. The number of rotatable bonds is 2. The first-order chi connectivity index (χ1) is 3.48. The van der Waals surface area contributed by atoms with Crippen molar-refractivity contribution in [1.82, 2.24) is 0 Å². The Hall–Kier alpha value is 0.0199. The molecule has 0 aliphatic heterocycles. The minimum Gasteiger partial charge on any atom is -0.326 e. The van der Waals surface area contributed by atoms with Gasteiger partial charge in [0.15, 0.2) is 0 Å². The molecule has 0 aliphatic rings. The van der Waals surface area contributed by atoms with Crippen LogP contribution in [0.3, 0.4) is 0 Å². The molecule has 0 aromatic heterocycles. The summed E-state index contributed by atoms with van der Waals surface area (Å²) in [6.07, 6.45) is 0.698. The van der Waals surface area contributed by atoms with Gasteiger partial charge in [-0.3, -0.25) is 4.39 Å². The fourth-order valence-corrected chi connectivity index (χ4v) is 0.485. The number of hydrogen-bond acceptors (Lipinski definition) is 1. The van der Waals surface area contributed by atoms with E-state index in [0.29, 0.717) is 6.42 Å². The van der Waals surface area contributed by atoms with Crippen molar-refractivity contribution in [2.24, 2.45) is 5.73 Å².